The smallest absolute Gasteiger partial charge is 0.349 e. The maximum Gasteiger partial charge on any atom is 0.349 e. The first-order valence-corrected chi connectivity index (χ1v) is 12.6. The summed E-state index contributed by atoms with van der Waals surface area (Å²) in [5.41, 5.74) is -1.32. The second-order valence-electron chi connectivity index (χ2n) is 8.59. The Kier molecular flexibility index (Phi) is 8.67. The Morgan fingerprint density at radius 3 is 2.35 bits per heavy atom. The highest BCUT2D eigenvalue weighted by Gasteiger charge is 2.26. The van der Waals surface area contributed by atoms with E-state index < -0.39 is 53.3 Å². The minimum atomic E-state index is -1.49. The normalized spacial score (nSPS) is 12.4. The van der Waals surface area contributed by atoms with Crippen LogP contribution in [0.1, 0.15) is 38.4 Å². The predicted molar refractivity (Wildman–Crippen MR) is 137 cm³/mol. The van der Waals surface area contributed by atoms with Gasteiger partial charge in [0.1, 0.15) is 22.8 Å². The van der Waals surface area contributed by atoms with E-state index in [2.05, 4.69) is 15.4 Å². The lowest BCUT2D eigenvalue weighted by atomic mass is 10.2. The number of anilines is 2. The molecule has 212 valence electrons. The summed E-state index contributed by atoms with van der Waals surface area (Å²) in [6.45, 7) is -0.166. The number of carbonyl (C=O) groups excluding carboxylic acids is 2. The number of carboxylic acid groups (broad SMARTS) is 1. The number of methoxy groups -OCH3 is 2. The number of nitrogens with one attached hydrogen (secondary N) is 2. The molecule has 0 saturated heterocycles. The molecule has 14 heteroatoms. The number of thiophene rings is 1. The first-order chi connectivity index (χ1) is 19.1. The standard InChI is InChI=1S/C26H23F3N2O8S/c1-36-19-7-15(28)16(30-26(35)31-17-11-40-23(25(34)37-2)21(17)24(32)33)8-20(19)39-10-13-18(38-9-12-3-4-12)6-5-14(27)22(13)29/h5-8,11-12H,3-4,9-10H2,1-2H3,(H,32,33)(H2,30,31,35). The summed E-state index contributed by atoms with van der Waals surface area (Å²) in [6, 6.07) is 3.15. The lowest BCUT2D eigenvalue weighted by molar-refractivity contribution is 0.0589. The topological polar surface area (TPSA) is 132 Å². The number of carboxylic acids is 1. The molecule has 3 aromatic rings. The van der Waals surface area contributed by atoms with E-state index in [0.29, 0.717) is 12.5 Å². The van der Waals surface area contributed by atoms with Crippen LogP contribution in [-0.4, -0.2) is 43.9 Å². The van der Waals surface area contributed by atoms with Crippen LogP contribution >= 0.6 is 11.3 Å². The molecule has 0 radical (unpaired) electrons. The van der Waals surface area contributed by atoms with Gasteiger partial charge in [0.25, 0.3) is 0 Å². The second-order valence-corrected chi connectivity index (χ2v) is 9.47. The van der Waals surface area contributed by atoms with Crippen molar-refractivity contribution < 1.29 is 51.6 Å². The van der Waals surface area contributed by atoms with Gasteiger partial charge in [-0.25, -0.2) is 27.6 Å². The van der Waals surface area contributed by atoms with Gasteiger partial charge in [-0.05, 0) is 30.9 Å². The van der Waals surface area contributed by atoms with Gasteiger partial charge in [-0.1, -0.05) is 0 Å². The van der Waals surface area contributed by atoms with Crippen molar-refractivity contribution in [3.63, 3.8) is 0 Å². The van der Waals surface area contributed by atoms with Crippen LogP contribution in [0.5, 0.6) is 17.2 Å². The van der Waals surface area contributed by atoms with Gasteiger partial charge in [0.2, 0.25) is 0 Å². The number of halogens is 3. The number of hydrogen-bond donors (Lipinski definition) is 3. The Morgan fingerprint density at radius 2 is 1.70 bits per heavy atom. The van der Waals surface area contributed by atoms with Gasteiger partial charge in [0, 0.05) is 17.5 Å². The minimum absolute atomic E-state index is 0.0981. The third-order valence-corrected chi connectivity index (χ3v) is 6.78. The van der Waals surface area contributed by atoms with Crippen molar-refractivity contribution in [3.05, 3.63) is 63.1 Å². The van der Waals surface area contributed by atoms with Gasteiger partial charge in [0.15, 0.2) is 29.0 Å². The number of aromatic carboxylic acids is 1. The zero-order chi connectivity index (χ0) is 29.0. The molecule has 40 heavy (non-hydrogen) atoms. The van der Waals surface area contributed by atoms with E-state index in [1.54, 1.807) is 0 Å². The largest absolute Gasteiger partial charge is 0.493 e. The van der Waals surface area contributed by atoms with Crippen LogP contribution < -0.4 is 24.8 Å². The number of urea groups is 1. The fourth-order valence-electron chi connectivity index (χ4n) is 3.57. The second kappa shape index (κ2) is 12.2. The summed E-state index contributed by atoms with van der Waals surface area (Å²) in [4.78, 5) is 35.8. The third-order valence-electron chi connectivity index (χ3n) is 5.82. The van der Waals surface area contributed by atoms with Crippen molar-refractivity contribution in [2.24, 2.45) is 5.92 Å². The van der Waals surface area contributed by atoms with Gasteiger partial charge in [-0.3, -0.25) is 0 Å². The highest BCUT2D eigenvalue weighted by Crippen LogP contribution is 2.36. The van der Waals surface area contributed by atoms with Gasteiger partial charge in [-0.15, -0.1) is 11.3 Å². The zero-order valence-corrected chi connectivity index (χ0v) is 22.0. The Bertz CT molecular complexity index is 1460. The highest BCUT2D eigenvalue weighted by atomic mass is 32.1. The van der Waals surface area contributed by atoms with Crippen LogP contribution in [0.2, 0.25) is 0 Å². The highest BCUT2D eigenvalue weighted by molar-refractivity contribution is 7.13. The Labute approximate surface area is 229 Å². The molecule has 1 fully saturated rings. The van der Waals surface area contributed by atoms with Gasteiger partial charge in [-0.2, -0.15) is 0 Å². The quantitative estimate of drug-likeness (QED) is 0.247. The van der Waals surface area contributed by atoms with Gasteiger partial charge >= 0.3 is 18.0 Å². The van der Waals surface area contributed by atoms with Crippen LogP contribution in [-0.2, 0) is 11.3 Å². The Morgan fingerprint density at radius 1 is 0.975 bits per heavy atom. The van der Waals surface area contributed by atoms with Crippen molar-refractivity contribution in [1.29, 1.82) is 0 Å². The van der Waals surface area contributed by atoms with Gasteiger partial charge < -0.3 is 34.7 Å². The fraction of sp³-hybridized carbons (Fsp3) is 0.269. The van der Waals surface area contributed by atoms with E-state index in [1.165, 1.54) is 18.6 Å². The average molecular weight is 581 g/mol. The summed E-state index contributed by atoms with van der Waals surface area (Å²) >= 11 is 0.736. The minimum Gasteiger partial charge on any atom is -0.493 e. The van der Waals surface area contributed by atoms with Crippen LogP contribution in [0.3, 0.4) is 0 Å². The number of ether oxygens (including phenoxy) is 4. The molecule has 1 aromatic heterocycles. The Hall–Kier alpha value is -4.46. The van der Waals surface area contributed by atoms with Gasteiger partial charge in [0.05, 0.1) is 37.8 Å². The zero-order valence-electron chi connectivity index (χ0n) is 21.1. The number of amides is 2. The van der Waals surface area contributed by atoms with Crippen LogP contribution in [0, 0.1) is 23.4 Å². The molecule has 1 saturated carbocycles. The summed E-state index contributed by atoms with van der Waals surface area (Å²) in [7, 11) is 2.31. The van der Waals surface area contributed by atoms with Crippen molar-refractivity contribution >= 4 is 40.7 Å². The van der Waals surface area contributed by atoms with E-state index in [9.17, 15) is 32.7 Å². The molecule has 0 bridgehead atoms. The molecule has 3 N–H and O–H groups in total. The number of esters is 1. The maximum absolute atomic E-state index is 14.7. The molecule has 10 nitrogen and oxygen atoms in total. The van der Waals surface area contributed by atoms with E-state index in [-0.39, 0.29) is 33.4 Å². The lowest BCUT2D eigenvalue weighted by Crippen LogP contribution is -2.21. The molecule has 4 rings (SSSR count). The van der Waals surface area contributed by atoms with E-state index in [1.807, 2.05) is 0 Å². The lowest BCUT2D eigenvalue weighted by Gasteiger charge is -2.16. The van der Waals surface area contributed by atoms with Crippen molar-refractivity contribution in [2.45, 2.75) is 19.4 Å². The van der Waals surface area contributed by atoms with E-state index in [4.69, 9.17) is 14.2 Å². The van der Waals surface area contributed by atoms with E-state index >= 15 is 0 Å². The predicted octanol–water partition coefficient (Wildman–Crippen LogP) is 5.67. The van der Waals surface area contributed by atoms with Crippen LogP contribution in [0.4, 0.5) is 29.3 Å². The van der Waals surface area contributed by atoms with Crippen LogP contribution in [0.15, 0.2) is 29.6 Å². The maximum atomic E-state index is 14.7. The summed E-state index contributed by atoms with van der Waals surface area (Å²) < 4.78 is 64.2. The molecule has 0 aliphatic heterocycles. The summed E-state index contributed by atoms with van der Waals surface area (Å²) in [5, 5.41) is 15.1. The molecule has 1 heterocycles. The molecule has 2 amide bonds. The molecule has 1 aliphatic carbocycles. The SMILES string of the molecule is COC(=O)c1scc(NC(=O)Nc2cc(OCc3c(OCC4CC4)ccc(F)c3F)c(OC)cc2F)c1C(=O)O. The van der Waals surface area contributed by atoms with E-state index in [0.717, 1.165) is 49.5 Å². The molecular formula is C26H23F3N2O8S. The third kappa shape index (κ3) is 6.39. The summed E-state index contributed by atoms with van der Waals surface area (Å²) in [6.07, 6.45) is 1.98. The molecule has 0 unspecified atom stereocenters. The molecule has 1 aliphatic rings. The van der Waals surface area contributed by atoms with Crippen molar-refractivity contribution in [2.75, 3.05) is 31.5 Å². The van der Waals surface area contributed by atoms with Crippen molar-refractivity contribution in [1.82, 2.24) is 0 Å². The molecule has 0 spiro atoms. The number of carbonyl (C=O) groups is 3. The first kappa shape index (κ1) is 28.5. The summed E-state index contributed by atoms with van der Waals surface area (Å²) in [5.74, 6) is -5.38. The van der Waals surface area contributed by atoms with Crippen LogP contribution in [0.25, 0.3) is 0 Å². The average Bonchev–Trinajstić information content (AvgIpc) is 3.66. The molecule has 0 atom stereocenters. The number of hydrogen-bond acceptors (Lipinski definition) is 8. The fourth-order valence-corrected chi connectivity index (χ4v) is 4.48. The first-order valence-electron chi connectivity index (χ1n) is 11.7. The van der Waals surface area contributed by atoms with Crippen molar-refractivity contribution in [3.8, 4) is 17.2 Å². The molecular weight excluding hydrogens is 557 g/mol. The Balaban J connectivity index is 1.53. The monoisotopic (exact) mass is 580 g/mol. The molecule has 2 aromatic carbocycles. The number of benzene rings is 2. The number of rotatable bonds is 11.